The van der Waals surface area contributed by atoms with E-state index in [4.69, 9.17) is 4.74 Å². The molecule has 1 N–H and O–H groups in total. The third kappa shape index (κ3) is 4.71. The maximum absolute atomic E-state index is 12.5. The van der Waals surface area contributed by atoms with Gasteiger partial charge in [0.15, 0.2) is 0 Å². The summed E-state index contributed by atoms with van der Waals surface area (Å²) in [5.74, 6) is 0. The molecule has 1 amide bonds. The first-order valence-corrected chi connectivity index (χ1v) is 8.44. The van der Waals surface area contributed by atoms with Crippen LogP contribution in [0.15, 0.2) is 12.1 Å². The lowest BCUT2D eigenvalue weighted by Gasteiger charge is -2.37. The fourth-order valence-corrected chi connectivity index (χ4v) is 3.27. The number of rotatable bonds is 2. The van der Waals surface area contributed by atoms with Crippen LogP contribution in [-0.4, -0.2) is 42.3 Å². The number of carbonyl (C=O) groups is 1. The number of nitrogens with zero attached hydrogens (tertiary/aromatic N) is 1. The standard InChI is InChI=1S/C19H30N2O2/c1-13-9-14(2)17(15(3)10-13)11-16-12-20-7-8-21(16)18(22)23-19(4,5)6/h9-10,16,20H,7-8,11-12H2,1-6H3/t16-/m0/s1. The Bertz CT molecular complexity index is 552. The lowest BCUT2D eigenvalue weighted by molar-refractivity contribution is 0.0121. The van der Waals surface area contributed by atoms with E-state index >= 15 is 0 Å². The van der Waals surface area contributed by atoms with Gasteiger partial charge in [-0.05, 0) is 64.7 Å². The Balaban J connectivity index is 2.18. The van der Waals surface area contributed by atoms with Crippen molar-refractivity contribution in [2.75, 3.05) is 19.6 Å². The maximum Gasteiger partial charge on any atom is 0.410 e. The highest BCUT2D eigenvalue weighted by atomic mass is 16.6. The minimum absolute atomic E-state index is 0.138. The summed E-state index contributed by atoms with van der Waals surface area (Å²) in [7, 11) is 0. The molecule has 128 valence electrons. The van der Waals surface area contributed by atoms with E-state index in [1.54, 1.807) is 0 Å². The van der Waals surface area contributed by atoms with Crippen LogP contribution in [0.4, 0.5) is 4.79 Å². The average molecular weight is 318 g/mol. The molecule has 23 heavy (non-hydrogen) atoms. The van der Waals surface area contributed by atoms with Crippen molar-refractivity contribution >= 4 is 6.09 Å². The molecule has 0 aromatic heterocycles. The van der Waals surface area contributed by atoms with Crippen LogP contribution in [0.2, 0.25) is 0 Å². The van der Waals surface area contributed by atoms with Gasteiger partial charge in [-0.3, -0.25) is 0 Å². The quantitative estimate of drug-likeness (QED) is 0.909. The van der Waals surface area contributed by atoms with Crippen molar-refractivity contribution in [2.45, 2.75) is 59.6 Å². The Morgan fingerprint density at radius 3 is 2.43 bits per heavy atom. The normalized spacial score (nSPS) is 18.9. The Morgan fingerprint density at radius 1 is 1.26 bits per heavy atom. The SMILES string of the molecule is Cc1cc(C)c(C[C@H]2CNCCN2C(=O)OC(C)(C)C)c(C)c1. The molecule has 1 heterocycles. The van der Waals surface area contributed by atoms with Crippen LogP contribution in [0.3, 0.4) is 0 Å². The second-order valence-electron chi connectivity index (χ2n) is 7.61. The second kappa shape index (κ2) is 6.91. The third-order valence-electron chi connectivity index (χ3n) is 4.26. The van der Waals surface area contributed by atoms with Gasteiger partial charge in [-0.25, -0.2) is 4.79 Å². The molecule has 0 bridgehead atoms. The summed E-state index contributed by atoms with van der Waals surface area (Å²) in [5.41, 5.74) is 4.78. The first-order chi connectivity index (χ1) is 10.7. The largest absolute Gasteiger partial charge is 0.444 e. The van der Waals surface area contributed by atoms with Gasteiger partial charge in [0.05, 0.1) is 6.04 Å². The van der Waals surface area contributed by atoms with Crippen molar-refractivity contribution in [2.24, 2.45) is 0 Å². The molecular formula is C19H30N2O2. The summed E-state index contributed by atoms with van der Waals surface area (Å²) >= 11 is 0. The van der Waals surface area contributed by atoms with Gasteiger partial charge in [-0.1, -0.05) is 17.7 Å². The van der Waals surface area contributed by atoms with Crippen molar-refractivity contribution in [3.05, 3.63) is 34.4 Å². The van der Waals surface area contributed by atoms with E-state index in [2.05, 4.69) is 38.2 Å². The summed E-state index contributed by atoms with van der Waals surface area (Å²) in [6.45, 7) is 14.5. The molecule has 0 spiro atoms. The monoisotopic (exact) mass is 318 g/mol. The molecule has 1 aromatic carbocycles. The highest BCUT2D eigenvalue weighted by molar-refractivity contribution is 5.69. The first-order valence-electron chi connectivity index (χ1n) is 8.44. The molecule has 1 atom stereocenters. The van der Waals surface area contributed by atoms with Gasteiger partial charge >= 0.3 is 6.09 Å². The van der Waals surface area contributed by atoms with Crippen LogP contribution < -0.4 is 5.32 Å². The van der Waals surface area contributed by atoms with E-state index in [1.807, 2.05) is 25.7 Å². The Kier molecular flexibility index (Phi) is 5.35. The van der Waals surface area contributed by atoms with Crippen LogP contribution in [-0.2, 0) is 11.2 Å². The van der Waals surface area contributed by atoms with Crippen molar-refractivity contribution in [3.8, 4) is 0 Å². The van der Waals surface area contributed by atoms with Crippen LogP contribution in [0.5, 0.6) is 0 Å². The van der Waals surface area contributed by atoms with Crippen molar-refractivity contribution in [1.29, 1.82) is 0 Å². The van der Waals surface area contributed by atoms with Gasteiger partial charge in [0.1, 0.15) is 5.60 Å². The highest BCUT2D eigenvalue weighted by Gasteiger charge is 2.30. The predicted octanol–water partition coefficient (Wildman–Crippen LogP) is 3.36. The van der Waals surface area contributed by atoms with Crippen molar-refractivity contribution in [3.63, 3.8) is 0 Å². The fraction of sp³-hybridized carbons (Fsp3) is 0.632. The lowest BCUT2D eigenvalue weighted by Crippen LogP contribution is -2.55. The number of aryl methyl sites for hydroxylation is 3. The zero-order valence-corrected chi connectivity index (χ0v) is 15.3. The van der Waals surface area contributed by atoms with Crippen LogP contribution >= 0.6 is 0 Å². The van der Waals surface area contributed by atoms with Gasteiger partial charge in [-0.2, -0.15) is 0 Å². The zero-order valence-electron chi connectivity index (χ0n) is 15.3. The number of carbonyl (C=O) groups excluding carboxylic acids is 1. The number of hydrogen-bond acceptors (Lipinski definition) is 3. The van der Waals surface area contributed by atoms with Gasteiger partial charge in [0.25, 0.3) is 0 Å². The van der Waals surface area contributed by atoms with E-state index in [1.165, 1.54) is 22.3 Å². The maximum atomic E-state index is 12.5. The van der Waals surface area contributed by atoms with Crippen LogP contribution in [0, 0.1) is 20.8 Å². The molecule has 0 saturated carbocycles. The zero-order chi connectivity index (χ0) is 17.2. The number of benzene rings is 1. The smallest absolute Gasteiger partial charge is 0.410 e. The molecule has 0 unspecified atom stereocenters. The third-order valence-corrected chi connectivity index (χ3v) is 4.26. The first kappa shape index (κ1) is 17.8. The van der Waals surface area contributed by atoms with E-state index < -0.39 is 5.60 Å². The number of hydrogen-bond donors (Lipinski definition) is 1. The molecule has 1 aliphatic rings. The molecule has 1 fully saturated rings. The predicted molar refractivity (Wildman–Crippen MR) is 94.0 cm³/mol. The van der Waals surface area contributed by atoms with E-state index in [0.717, 1.165) is 19.5 Å². The second-order valence-corrected chi connectivity index (χ2v) is 7.61. The molecule has 1 saturated heterocycles. The topological polar surface area (TPSA) is 41.6 Å². The summed E-state index contributed by atoms with van der Waals surface area (Å²) in [6.07, 6.45) is 0.663. The van der Waals surface area contributed by atoms with E-state index in [9.17, 15) is 4.79 Å². The Hall–Kier alpha value is -1.55. The Morgan fingerprint density at radius 2 is 1.87 bits per heavy atom. The summed E-state index contributed by atoms with van der Waals surface area (Å²) < 4.78 is 5.58. The average Bonchev–Trinajstić information content (AvgIpc) is 2.41. The summed E-state index contributed by atoms with van der Waals surface area (Å²) in [5, 5.41) is 3.40. The van der Waals surface area contributed by atoms with Gasteiger partial charge in [0.2, 0.25) is 0 Å². The van der Waals surface area contributed by atoms with Crippen LogP contribution in [0.25, 0.3) is 0 Å². The highest BCUT2D eigenvalue weighted by Crippen LogP contribution is 2.21. The lowest BCUT2D eigenvalue weighted by atomic mass is 9.93. The fourth-order valence-electron chi connectivity index (χ4n) is 3.27. The van der Waals surface area contributed by atoms with Gasteiger partial charge in [-0.15, -0.1) is 0 Å². The molecule has 0 aliphatic carbocycles. The molecule has 4 nitrogen and oxygen atoms in total. The number of amides is 1. The summed E-state index contributed by atoms with van der Waals surface area (Å²) in [6, 6.07) is 4.57. The minimum Gasteiger partial charge on any atom is -0.444 e. The van der Waals surface area contributed by atoms with Gasteiger partial charge in [0, 0.05) is 19.6 Å². The van der Waals surface area contributed by atoms with Gasteiger partial charge < -0.3 is 15.0 Å². The van der Waals surface area contributed by atoms with Crippen molar-refractivity contribution < 1.29 is 9.53 Å². The number of ether oxygens (including phenoxy) is 1. The number of nitrogens with one attached hydrogen (secondary N) is 1. The van der Waals surface area contributed by atoms with E-state index in [0.29, 0.717) is 6.54 Å². The van der Waals surface area contributed by atoms with Crippen LogP contribution in [0.1, 0.15) is 43.0 Å². The molecule has 1 aliphatic heterocycles. The van der Waals surface area contributed by atoms with E-state index in [-0.39, 0.29) is 12.1 Å². The molecular weight excluding hydrogens is 288 g/mol. The molecule has 1 aromatic rings. The van der Waals surface area contributed by atoms with Crippen molar-refractivity contribution in [1.82, 2.24) is 10.2 Å². The molecule has 4 heteroatoms. The number of piperazine rings is 1. The molecule has 2 rings (SSSR count). The molecule has 0 radical (unpaired) electrons. The summed E-state index contributed by atoms with van der Waals surface area (Å²) in [4.78, 5) is 14.4. The Labute approximate surface area is 140 Å². The minimum atomic E-state index is -0.456.